The number of carbonyl (C=O) groups is 2. The van der Waals surface area contributed by atoms with Gasteiger partial charge >= 0.3 is 0 Å². The molecule has 1 N–H and O–H groups in total. The van der Waals surface area contributed by atoms with Gasteiger partial charge in [0.05, 0.1) is 35.8 Å². The van der Waals surface area contributed by atoms with Crippen molar-refractivity contribution in [1.29, 1.82) is 0 Å². The Morgan fingerprint density at radius 1 is 1.25 bits per heavy atom. The number of hydrogen-bond donors (Lipinski definition) is 1. The maximum Gasteiger partial charge on any atom is 0.253 e. The molecule has 4 rings (SSSR count). The maximum absolute atomic E-state index is 13.3. The molecular formula is C23H25N3O5S. The third-order valence-corrected chi connectivity index (χ3v) is 6.43. The van der Waals surface area contributed by atoms with Gasteiger partial charge in [0.25, 0.3) is 5.91 Å². The zero-order valence-electron chi connectivity index (χ0n) is 17.7. The summed E-state index contributed by atoms with van der Waals surface area (Å²) in [5, 5.41) is 2.86. The third kappa shape index (κ3) is 5.17. The molecule has 0 radical (unpaired) electrons. The number of thioether (sulfide) groups is 1. The van der Waals surface area contributed by atoms with Gasteiger partial charge in [-0.2, -0.15) is 0 Å². The molecule has 0 aromatic carbocycles. The van der Waals surface area contributed by atoms with Gasteiger partial charge in [0.1, 0.15) is 5.70 Å². The molecule has 0 atom stereocenters. The molecule has 0 unspecified atom stereocenters. The van der Waals surface area contributed by atoms with Gasteiger partial charge in [-0.3, -0.25) is 19.6 Å². The largest absolute Gasteiger partial charge is 0.463 e. The minimum atomic E-state index is -0.262. The minimum Gasteiger partial charge on any atom is -0.463 e. The second kappa shape index (κ2) is 10.7. The number of pyridine rings is 1. The van der Waals surface area contributed by atoms with E-state index in [0.717, 1.165) is 17.7 Å². The van der Waals surface area contributed by atoms with E-state index in [1.54, 1.807) is 18.3 Å². The number of ether oxygens (including phenoxy) is 2. The van der Waals surface area contributed by atoms with E-state index < -0.39 is 0 Å². The van der Waals surface area contributed by atoms with E-state index in [1.165, 1.54) is 18.0 Å². The van der Waals surface area contributed by atoms with Crippen LogP contribution in [0.5, 0.6) is 0 Å². The minimum absolute atomic E-state index is 0.0288. The third-order valence-electron chi connectivity index (χ3n) is 5.46. The Hall–Kier alpha value is -2.75. The van der Waals surface area contributed by atoms with E-state index in [0.29, 0.717) is 61.2 Å². The second-order valence-electron chi connectivity index (χ2n) is 7.49. The number of amides is 1. The van der Waals surface area contributed by atoms with Crippen LogP contribution in [0.25, 0.3) is 5.70 Å². The molecule has 4 heterocycles. The average Bonchev–Trinajstić information content (AvgIpc) is 3.38. The molecule has 2 aromatic heterocycles. The first kappa shape index (κ1) is 22.4. The molecule has 1 amide bonds. The SMILES string of the molecule is C=N/C(=C(\SCNC(=O)c1cnc2c(c1)COCC2)C(=O)C1CCOCC1)c1ccco1. The summed E-state index contributed by atoms with van der Waals surface area (Å²) in [7, 11) is 0. The zero-order chi connectivity index (χ0) is 22.3. The van der Waals surface area contributed by atoms with Crippen LogP contribution in [0.2, 0.25) is 0 Å². The summed E-state index contributed by atoms with van der Waals surface area (Å²) in [6.07, 6.45) is 5.16. The fourth-order valence-electron chi connectivity index (χ4n) is 3.72. The number of nitrogens with zero attached hydrogens (tertiary/aromatic N) is 2. The second-order valence-corrected chi connectivity index (χ2v) is 8.48. The Bertz CT molecular complexity index is 1010. The van der Waals surface area contributed by atoms with Gasteiger partial charge in [0.2, 0.25) is 0 Å². The normalized spacial score (nSPS) is 17.2. The monoisotopic (exact) mass is 455 g/mol. The Morgan fingerprint density at radius 3 is 2.84 bits per heavy atom. The Kier molecular flexibility index (Phi) is 7.51. The van der Waals surface area contributed by atoms with Crippen molar-refractivity contribution in [3.05, 3.63) is 58.1 Å². The number of aliphatic imine (C=N–C) groups is 1. The molecule has 32 heavy (non-hydrogen) atoms. The standard InChI is InChI=1S/C23H25N3O5S/c1-24-20(19-3-2-7-31-19)22(21(27)15-4-8-29-9-5-15)32-14-26-23(28)16-11-17-13-30-10-6-18(17)25-12-16/h2-3,7,11-12,15H,1,4-6,8-10,13-14H2,(H,26,28)/b22-20-. The number of ketones is 1. The summed E-state index contributed by atoms with van der Waals surface area (Å²) >= 11 is 1.22. The van der Waals surface area contributed by atoms with Gasteiger partial charge in [0.15, 0.2) is 11.5 Å². The van der Waals surface area contributed by atoms with Crippen molar-refractivity contribution in [2.75, 3.05) is 25.7 Å². The predicted octanol–water partition coefficient (Wildman–Crippen LogP) is 3.23. The summed E-state index contributed by atoms with van der Waals surface area (Å²) in [4.78, 5) is 34.9. The smallest absolute Gasteiger partial charge is 0.253 e. The Labute approximate surface area is 190 Å². The summed E-state index contributed by atoms with van der Waals surface area (Å²) < 4.78 is 16.3. The lowest BCUT2D eigenvalue weighted by Crippen LogP contribution is -2.27. The zero-order valence-corrected chi connectivity index (χ0v) is 18.5. The van der Waals surface area contributed by atoms with Gasteiger partial charge in [-0.05, 0) is 37.8 Å². The van der Waals surface area contributed by atoms with Crippen LogP contribution in [-0.2, 0) is 27.3 Å². The van der Waals surface area contributed by atoms with Crippen LogP contribution in [0.15, 0.2) is 45.0 Å². The lowest BCUT2D eigenvalue weighted by Gasteiger charge is -2.22. The highest BCUT2D eigenvalue weighted by atomic mass is 32.2. The number of furan rings is 1. The molecule has 2 aromatic rings. The molecule has 2 aliphatic rings. The topological polar surface area (TPSA) is 103 Å². The summed E-state index contributed by atoms with van der Waals surface area (Å²) in [6.45, 7) is 5.85. The number of aromatic nitrogens is 1. The molecule has 1 fully saturated rings. The molecule has 9 heteroatoms. The van der Waals surface area contributed by atoms with E-state index in [4.69, 9.17) is 13.9 Å². The summed E-state index contributed by atoms with van der Waals surface area (Å²) in [5.74, 6) is 0.212. The number of fused-ring (bicyclic) bond motifs is 1. The van der Waals surface area contributed by atoms with Crippen molar-refractivity contribution in [3.8, 4) is 0 Å². The van der Waals surface area contributed by atoms with E-state index in [-0.39, 0.29) is 23.5 Å². The van der Waals surface area contributed by atoms with Crippen LogP contribution in [0.4, 0.5) is 0 Å². The molecule has 2 aliphatic heterocycles. The maximum atomic E-state index is 13.3. The highest BCUT2D eigenvalue weighted by Crippen LogP contribution is 2.33. The predicted molar refractivity (Wildman–Crippen MR) is 121 cm³/mol. The van der Waals surface area contributed by atoms with Gasteiger partial charge in [-0.1, -0.05) is 11.8 Å². The Balaban J connectivity index is 1.48. The lowest BCUT2D eigenvalue weighted by molar-refractivity contribution is -0.121. The number of allylic oxidation sites excluding steroid dienone is 1. The van der Waals surface area contributed by atoms with Crippen molar-refractivity contribution >= 4 is 35.9 Å². The fourth-order valence-corrected chi connectivity index (χ4v) is 4.67. The van der Waals surface area contributed by atoms with Crippen LogP contribution in [0, 0.1) is 5.92 Å². The van der Waals surface area contributed by atoms with E-state index in [1.807, 2.05) is 6.07 Å². The molecule has 0 bridgehead atoms. The highest BCUT2D eigenvalue weighted by molar-refractivity contribution is 8.04. The first-order valence-electron chi connectivity index (χ1n) is 10.5. The van der Waals surface area contributed by atoms with Crippen LogP contribution in [0.1, 0.15) is 40.2 Å². The van der Waals surface area contributed by atoms with Crippen LogP contribution >= 0.6 is 11.8 Å². The van der Waals surface area contributed by atoms with E-state index in [2.05, 4.69) is 22.0 Å². The summed E-state index contributed by atoms with van der Waals surface area (Å²) in [5.41, 5.74) is 2.75. The first-order chi connectivity index (χ1) is 15.7. The van der Waals surface area contributed by atoms with Crippen molar-refractivity contribution < 1.29 is 23.5 Å². The van der Waals surface area contributed by atoms with Gasteiger partial charge in [0, 0.05) is 43.0 Å². The molecule has 8 nitrogen and oxygen atoms in total. The number of Topliss-reactive ketones (excluding diaryl/α,β-unsaturated/α-hetero) is 1. The van der Waals surface area contributed by atoms with Crippen molar-refractivity contribution in [3.63, 3.8) is 0 Å². The lowest BCUT2D eigenvalue weighted by atomic mass is 9.94. The molecule has 0 aliphatic carbocycles. The van der Waals surface area contributed by atoms with Gasteiger partial charge < -0.3 is 19.2 Å². The number of nitrogens with one attached hydrogen (secondary N) is 1. The highest BCUT2D eigenvalue weighted by Gasteiger charge is 2.28. The van der Waals surface area contributed by atoms with Crippen LogP contribution in [-0.4, -0.2) is 49.1 Å². The molecule has 0 spiro atoms. The van der Waals surface area contributed by atoms with Crippen LogP contribution < -0.4 is 5.32 Å². The molecule has 0 saturated carbocycles. The van der Waals surface area contributed by atoms with Gasteiger partial charge in [-0.25, -0.2) is 0 Å². The van der Waals surface area contributed by atoms with Crippen molar-refractivity contribution in [2.24, 2.45) is 10.9 Å². The number of carbonyl (C=O) groups excluding carboxylic acids is 2. The van der Waals surface area contributed by atoms with Gasteiger partial charge in [-0.15, -0.1) is 0 Å². The molecule has 168 valence electrons. The van der Waals surface area contributed by atoms with E-state index in [9.17, 15) is 9.59 Å². The fraction of sp³-hybridized carbons (Fsp3) is 0.391. The molecular weight excluding hydrogens is 430 g/mol. The van der Waals surface area contributed by atoms with E-state index >= 15 is 0 Å². The Morgan fingerprint density at radius 2 is 2.09 bits per heavy atom. The number of hydrogen-bond acceptors (Lipinski definition) is 8. The quantitative estimate of drug-likeness (QED) is 0.370. The average molecular weight is 456 g/mol. The van der Waals surface area contributed by atoms with Crippen LogP contribution in [0.3, 0.4) is 0 Å². The summed E-state index contributed by atoms with van der Waals surface area (Å²) in [6, 6.07) is 5.28. The van der Waals surface area contributed by atoms with Crippen molar-refractivity contribution in [1.82, 2.24) is 10.3 Å². The first-order valence-corrected chi connectivity index (χ1v) is 11.5. The molecule has 1 saturated heterocycles. The number of rotatable bonds is 8. The van der Waals surface area contributed by atoms with Crippen molar-refractivity contribution in [2.45, 2.75) is 25.9 Å².